The molecule has 1 saturated carbocycles. The van der Waals surface area contributed by atoms with Crippen molar-refractivity contribution in [2.24, 2.45) is 5.73 Å². The second-order valence-electron chi connectivity index (χ2n) is 3.21. The van der Waals surface area contributed by atoms with Crippen molar-refractivity contribution in [1.82, 2.24) is 6.15 Å². The number of hydrogen-bond donors (Lipinski definition) is 2. The quantitative estimate of drug-likeness (QED) is 0.525. The van der Waals surface area contributed by atoms with Crippen molar-refractivity contribution >= 4 is 0 Å². The molecule has 0 aromatic heterocycles. The molecule has 0 aromatic rings. The summed E-state index contributed by atoms with van der Waals surface area (Å²) >= 11 is 0. The van der Waals surface area contributed by atoms with E-state index in [9.17, 15) is 0 Å². The zero-order valence-corrected chi connectivity index (χ0v) is 6.32. The number of rotatable bonds is 0. The molecule has 1 aliphatic rings. The molecule has 0 atom stereocenters. The van der Waals surface area contributed by atoms with E-state index in [4.69, 9.17) is 5.73 Å². The molecule has 1 rings (SSSR count). The SMILES string of the molecule is CC1(N)CCCCC1.N. The van der Waals surface area contributed by atoms with Crippen LogP contribution in [0.3, 0.4) is 0 Å². The zero-order valence-electron chi connectivity index (χ0n) is 6.32. The molecule has 1 fully saturated rings. The highest BCUT2D eigenvalue weighted by Crippen LogP contribution is 2.24. The highest BCUT2D eigenvalue weighted by Gasteiger charge is 2.20. The fourth-order valence-electron chi connectivity index (χ4n) is 1.36. The summed E-state index contributed by atoms with van der Waals surface area (Å²) in [5.41, 5.74) is 6.06. The average molecular weight is 130 g/mol. The Labute approximate surface area is 57.4 Å². The molecule has 2 nitrogen and oxygen atoms in total. The van der Waals surface area contributed by atoms with Gasteiger partial charge in [-0.25, -0.2) is 0 Å². The van der Waals surface area contributed by atoms with E-state index in [1.807, 2.05) is 0 Å². The fourth-order valence-corrected chi connectivity index (χ4v) is 1.36. The van der Waals surface area contributed by atoms with Crippen LogP contribution < -0.4 is 11.9 Å². The molecule has 0 radical (unpaired) electrons. The summed E-state index contributed by atoms with van der Waals surface area (Å²) in [6, 6.07) is 0. The van der Waals surface area contributed by atoms with Crippen LogP contribution in [0.4, 0.5) is 0 Å². The second-order valence-corrected chi connectivity index (χ2v) is 3.21. The van der Waals surface area contributed by atoms with Crippen molar-refractivity contribution in [3.8, 4) is 0 Å². The first-order chi connectivity index (χ1) is 3.71. The Balaban J connectivity index is 0.000000640. The Morgan fingerprint density at radius 2 is 1.56 bits per heavy atom. The standard InChI is InChI=1S/C7H15N.H3N/c1-7(8)5-3-2-4-6-7;/h2-6,8H2,1H3;1H3. The Morgan fingerprint density at radius 1 is 1.11 bits per heavy atom. The van der Waals surface area contributed by atoms with Crippen LogP contribution in [0.1, 0.15) is 39.0 Å². The van der Waals surface area contributed by atoms with Crippen molar-refractivity contribution in [2.75, 3.05) is 0 Å². The summed E-state index contributed by atoms with van der Waals surface area (Å²) in [6.45, 7) is 2.16. The van der Waals surface area contributed by atoms with Gasteiger partial charge in [-0.3, -0.25) is 0 Å². The van der Waals surface area contributed by atoms with Crippen molar-refractivity contribution in [3.05, 3.63) is 0 Å². The molecule has 0 aromatic carbocycles. The Hall–Kier alpha value is -0.0800. The van der Waals surface area contributed by atoms with Gasteiger partial charge in [-0.05, 0) is 19.8 Å². The maximum absolute atomic E-state index is 5.88. The Kier molecular flexibility index (Phi) is 3.15. The van der Waals surface area contributed by atoms with Crippen LogP contribution in [-0.2, 0) is 0 Å². The first-order valence-corrected chi connectivity index (χ1v) is 3.50. The maximum Gasteiger partial charge on any atom is 0.0125 e. The van der Waals surface area contributed by atoms with Crippen LogP contribution in [0.25, 0.3) is 0 Å². The minimum Gasteiger partial charge on any atom is -0.344 e. The molecule has 1 aliphatic carbocycles. The predicted molar refractivity (Wildman–Crippen MR) is 40.7 cm³/mol. The highest BCUT2D eigenvalue weighted by molar-refractivity contribution is 4.81. The van der Waals surface area contributed by atoms with Crippen molar-refractivity contribution in [3.63, 3.8) is 0 Å². The van der Waals surface area contributed by atoms with Crippen LogP contribution in [0, 0.1) is 0 Å². The van der Waals surface area contributed by atoms with Crippen LogP contribution in [-0.4, -0.2) is 5.54 Å². The third-order valence-electron chi connectivity index (χ3n) is 2.00. The van der Waals surface area contributed by atoms with Crippen molar-refractivity contribution in [1.29, 1.82) is 0 Å². The van der Waals surface area contributed by atoms with E-state index in [0.29, 0.717) is 0 Å². The van der Waals surface area contributed by atoms with E-state index in [1.54, 1.807) is 0 Å². The molecule has 0 aliphatic heterocycles. The summed E-state index contributed by atoms with van der Waals surface area (Å²) in [7, 11) is 0. The van der Waals surface area contributed by atoms with Gasteiger partial charge in [-0.1, -0.05) is 19.3 Å². The lowest BCUT2D eigenvalue weighted by Gasteiger charge is -2.28. The van der Waals surface area contributed by atoms with Gasteiger partial charge in [-0.2, -0.15) is 0 Å². The van der Waals surface area contributed by atoms with Crippen LogP contribution in [0.2, 0.25) is 0 Å². The van der Waals surface area contributed by atoms with Crippen LogP contribution in [0.15, 0.2) is 0 Å². The monoisotopic (exact) mass is 130 g/mol. The third-order valence-corrected chi connectivity index (χ3v) is 2.00. The lowest BCUT2D eigenvalue weighted by Crippen LogP contribution is -2.37. The highest BCUT2D eigenvalue weighted by atomic mass is 14.7. The van der Waals surface area contributed by atoms with Gasteiger partial charge in [-0.15, -0.1) is 0 Å². The number of nitrogens with two attached hydrogens (primary N) is 1. The summed E-state index contributed by atoms with van der Waals surface area (Å²) in [5.74, 6) is 0. The summed E-state index contributed by atoms with van der Waals surface area (Å²) in [6.07, 6.45) is 6.53. The second kappa shape index (κ2) is 3.18. The van der Waals surface area contributed by atoms with Gasteiger partial charge in [0.1, 0.15) is 0 Å². The van der Waals surface area contributed by atoms with E-state index in [0.717, 1.165) is 0 Å². The summed E-state index contributed by atoms with van der Waals surface area (Å²) in [4.78, 5) is 0. The smallest absolute Gasteiger partial charge is 0.0125 e. The van der Waals surface area contributed by atoms with E-state index in [1.165, 1.54) is 32.1 Å². The molecule has 2 heteroatoms. The first kappa shape index (κ1) is 8.92. The molecule has 5 N–H and O–H groups in total. The van der Waals surface area contributed by atoms with Gasteiger partial charge in [0.2, 0.25) is 0 Å². The third kappa shape index (κ3) is 2.82. The molecule has 0 amide bonds. The largest absolute Gasteiger partial charge is 0.344 e. The maximum atomic E-state index is 5.88. The zero-order chi connectivity index (χ0) is 6.04. The summed E-state index contributed by atoms with van der Waals surface area (Å²) < 4.78 is 0. The minimum absolute atomic E-state index is 0. The van der Waals surface area contributed by atoms with Crippen LogP contribution in [0.5, 0.6) is 0 Å². The average Bonchev–Trinajstić information content (AvgIpc) is 1.65. The van der Waals surface area contributed by atoms with Crippen LogP contribution >= 0.6 is 0 Å². The van der Waals surface area contributed by atoms with Gasteiger partial charge in [0.05, 0.1) is 0 Å². The molecular weight excluding hydrogens is 112 g/mol. The lowest BCUT2D eigenvalue weighted by atomic mass is 9.84. The van der Waals surface area contributed by atoms with Gasteiger partial charge in [0.15, 0.2) is 0 Å². The molecular formula is C7H18N2. The molecule has 0 spiro atoms. The topological polar surface area (TPSA) is 61.0 Å². The molecule has 0 heterocycles. The minimum atomic E-state index is 0. The first-order valence-electron chi connectivity index (χ1n) is 3.50. The summed E-state index contributed by atoms with van der Waals surface area (Å²) in [5, 5.41) is 0. The normalized spacial score (nSPS) is 24.7. The van der Waals surface area contributed by atoms with E-state index < -0.39 is 0 Å². The molecule has 56 valence electrons. The van der Waals surface area contributed by atoms with Gasteiger partial charge < -0.3 is 11.9 Å². The molecule has 0 saturated heterocycles. The van der Waals surface area contributed by atoms with E-state index >= 15 is 0 Å². The molecule has 0 bridgehead atoms. The lowest BCUT2D eigenvalue weighted by molar-refractivity contribution is 0.322. The Morgan fingerprint density at radius 3 is 1.78 bits per heavy atom. The fraction of sp³-hybridized carbons (Fsp3) is 1.00. The molecule has 0 unspecified atom stereocenters. The number of hydrogen-bond acceptors (Lipinski definition) is 2. The Bertz CT molecular complexity index is 71.0. The van der Waals surface area contributed by atoms with E-state index in [-0.39, 0.29) is 11.7 Å². The predicted octanol–water partition coefficient (Wildman–Crippen LogP) is 1.83. The van der Waals surface area contributed by atoms with Crippen molar-refractivity contribution < 1.29 is 0 Å². The van der Waals surface area contributed by atoms with Gasteiger partial charge in [0, 0.05) is 5.54 Å². The van der Waals surface area contributed by atoms with Crippen molar-refractivity contribution in [2.45, 2.75) is 44.6 Å². The van der Waals surface area contributed by atoms with Gasteiger partial charge in [0.25, 0.3) is 0 Å². The van der Waals surface area contributed by atoms with E-state index in [2.05, 4.69) is 6.92 Å². The molecule has 9 heavy (non-hydrogen) atoms. The van der Waals surface area contributed by atoms with Gasteiger partial charge >= 0.3 is 0 Å².